The molecule has 2 N–H and O–H groups in total. The van der Waals surface area contributed by atoms with Gasteiger partial charge in [0.2, 0.25) is 0 Å². The quantitative estimate of drug-likeness (QED) is 0.627. The molecular formula is C15H22BrNO4. The minimum Gasteiger partial charge on any atom is -0.493 e. The van der Waals surface area contributed by atoms with Crippen LogP contribution in [-0.2, 0) is 11.3 Å². The Balaban J connectivity index is 2.59. The van der Waals surface area contributed by atoms with Crippen molar-refractivity contribution in [3.8, 4) is 11.5 Å². The zero-order valence-corrected chi connectivity index (χ0v) is 14.0. The molecule has 0 saturated carbocycles. The fourth-order valence-corrected chi connectivity index (χ4v) is 2.42. The predicted octanol–water partition coefficient (Wildman–Crippen LogP) is 3.20. The van der Waals surface area contributed by atoms with Gasteiger partial charge in [0.25, 0.3) is 0 Å². The van der Waals surface area contributed by atoms with Gasteiger partial charge in [-0.25, -0.2) is 0 Å². The largest absolute Gasteiger partial charge is 0.493 e. The van der Waals surface area contributed by atoms with Crippen molar-refractivity contribution in [3.05, 3.63) is 22.2 Å². The maximum absolute atomic E-state index is 10.4. The van der Waals surface area contributed by atoms with Crippen molar-refractivity contribution in [2.24, 2.45) is 0 Å². The average Bonchev–Trinajstić information content (AvgIpc) is 2.45. The standard InChI is InChI=1S/C15H22BrNO4/c1-3-7-21-15-12(16)8-11(9-13(15)20-2)10-17-6-4-5-14(18)19/h8-9,17H,3-7,10H2,1-2H3,(H,18,19). The molecule has 1 aromatic rings. The lowest BCUT2D eigenvalue weighted by molar-refractivity contribution is -0.137. The number of methoxy groups -OCH3 is 1. The summed E-state index contributed by atoms with van der Waals surface area (Å²) in [7, 11) is 1.62. The SMILES string of the molecule is CCCOc1c(Br)cc(CNCCCC(=O)O)cc1OC. The summed E-state index contributed by atoms with van der Waals surface area (Å²) in [6, 6.07) is 3.91. The van der Waals surface area contributed by atoms with Gasteiger partial charge in [0, 0.05) is 13.0 Å². The van der Waals surface area contributed by atoms with Crippen LogP contribution in [0.15, 0.2) is 16.6 Å². The summed E-state index contributed by atoms with van der Waals surface area (Å²) in [4.78, 5) is 10.4. The van der Waals surface area contributed by atoms with Gasteiger partial charge in [-0.15, -0.1) is 0 Å². The highest BCUT2D eigenvalue weighted by atomic mass is 79.9. The van der Waals surface area contributed by atoms with Crippen molar-refractivity contribution < 1.29 is 19.4 Å². The Labute approximate surface area is 133 Å². The Hall–Kier alpha value is -1.27. The van der Waals surface area contributed by atoms with E-state index in [2.05, 4.69) is 28.2 Å². The van der Waals surface area contributed by atoms with Crippen LogP contribution in [0.25, 0.3) is 0 Å². The van der Waals surface area contributed by atoms with Crippen LogP contribution in [0.1, 0.15) is 31.7 Å². The highest BCUT2D eigenvalue weighted by molar-refractivity contribution is 9.10. The van der Waals surface area contributed by atoms with E-state index in [1.54, 1.807) is 7.11 Å². The smallest absolute Gasteiger partial charge is 0.303 e. The summed E-state index contributed by atoms with van der Waals surface area (Å²) in [6.45, 7) is 4.01. The summed E-state index contributed by atoms with van der Waals surface area (Å²) in [6.07, 6.45) is 1.73. The Bertz CT molecular complexity index is 465. The normalized spacial score (nSPS) is 10.4. The molecule has 21 heavy (non-hydrogen) atoms. The number of nitrogens with one attached hydrogen (secondary N) is 1. The second-order valence-corrected chi connectivity index (χ2v) is 5.49. The van der Waals surface area contributed by atoms with Gasteiger partial charge in [0.1, 0.15) is 0 Å². The zero-order valence-electron chi connectivity index (χ0n) is 12.4. The Kier molecular flexibility index (Phi) is 8.15. The van der Waals surface area contributed by atoms with E-state index in [-0.39, 0.29) is 6.42 Å². The number of ether oxygens (including phenoxy) is 2. The molecule has 0 aliphatic heterocycles. The van der Waals surface area contributed by atoms with Crippen molar-refractivity contribution in [2.45, 2.75) is 32.7 Å². The number of halogens is 1. The monoisotopic (exact) mass is 359 g/mol. The lowest BCUT2D eigenvalue weighted by Gasteiger charge is -2.14. The van der Waals surface area contributed by atoms with Gasteiger partial charge in [-0.1, -0.05) is 6.92 Å². The maximum Gasteiger partial charge on any atom is 0.303 e. The first kappa shape index (κ1) is 17.8. The number of benzene rings is 1. The third-order valence-electron chi connectivity index (χ3n) is 2.81. The third kappa shape index (κ3) is 6.35. The van der Waals surface area contributed by atoms with Crippen LogP contribution in [-0.4, -0.2) is 31.3 Å². The lowest BCUT2D eigenvalue weighted by atomic mass is 10.2. The fourth-order valence-electron chi connectivity index (χ4n) is 1.82. The molecule has 0 aromatic heterocycles. The van der Waals surface area contributed by atoms with Crippen LogP contribution < -0.4 is 14.8 Å². The highest BCUT2D eigenvalue weighted by Crippen LogP contribution is 2.36. The Morgan fingerprint density at radius 3 is 2.81 bits per heavy atom. The predicted molar refractivity (Wildman–Crippen MR) is 85.1 cm³/mol. The topological polar surface area (TPSA) is 67.8 Å². The molecule has 118 valence electrons. The van der Waals surface area contributed by atoms with E-state index >= 15 is 0 Å². The molecule has 0 saturated heterocycles. The van der Waals surface area contributed by atoms with Gasteiger partial charge in [0.05, 0.1) is 18.2 Å². The summed E-state index contributed by atoms with van der Waals surface area (Å²) < 4.78 is 11.9. The molecule has 0 aliphatic carbocycles. The van der Waals surface area contributed by atoms with E-state index < -0.39 is 5.97 Å². The van der Waals surface area contributed by atoms with E-state index in [0.717, 1.165) is 16.5 Å². The van der Waals surface area contributed by atoms with E-state index in [1.165, 1.54) is 0 Å². The number of hydrogen-bond donors (Lipinski definition) is 2. The van der Waals surface area contributed by atoms with Gasteiger partial charge < -0.3 is 19.9 Å². The number of rotatable bonds is 10. The number of carbonyl (C=O) groups is 1. The van der Waals surface area contributed by atoms with E-state index in [1.807, 2.05) is 12.1 Å². The Morgan fingerprint density at radius 1 is 1.43 bits per heavy atom. The lowest BCUT2D eigenvalue weighted by Crippen LogP contribution is -2.16. The first-order valence-electron chi connectivity index (χ1n) is 7.00. The van der Waals surface area contributed by atoms with Crippen molar-refractivity contribution in [1.29, 1.82) is 0 Å². The number of carboxylic acid groups (broad SMARTS) is 1. The number of carboxylic acids is 1. The van der Waals surface area contributed by atoms with E-state index in [0.29, 0.717) is 37.6 Å². The average molecular weight is 360 g/mol. The van der Waals surface area contributed by atoms with Gasteiger partial charge in [0.15, 0.2) is 11.5 Å². The minimum absolute atomic E-state index is 0.184. The molecule has 0 aliphatic rings. The zero-order chi connectivity index (χ0) is 15.7. The molecule has 0 atom stereocenters. The molecule has 0 amide bonds. The van der Waals surface area contributed by atoms with Crippen LogP contribution in [0.3, 0.4) is 0 Å². The second kappa shape index (κ2) is 9.63. The minimum atomic E-state index is -0.765. The van der Waals surface area contributed by atoms with Crippen LogP contribution in [0.5, 0.6) is 11.5 Å². The van der Waals surface area contributed by atoms with E-state index in [4.69, 9.17) is 14.6 Å². The summed E-state index contributed by atoms with van der Waals surface area (Å²) in [5.74, 6) is 0.646. The molecule has 0 spiro atoms. The van der Waals surface area contributed by atoms with E-state index in [9.17, 15) is 4.79 Å². The van der Waals surface area contributed by atoms with Gasteiger partial charge in [-0.2, -0.15) is 0 Å². The van der Waals surface area contributed by atoms with Gasteiger partial charge in [-0.05, 0) is 53.0 Å². The van der Waals surface area contributed by atoms with Crippen molar-refractivity contribution in [2.75, 3.05) is 20.3 Å². The molecule has 0 fully saturated rings. The Morgan fingerprint density at radius 2 is 2.19 bits per heavy atom. The summed E-state index contributed by atoms with van der Waals surface area (Å²) in [5, 5.41) is 11.8. The van der Waals surface area contributed by atoms with Gasteiger partial charge in [-0.3, -0.25) is 4.79 Å². The highest BCUT2D eigenvalue weighted by Gasteiger charge is 2.11. The third-order valence-corrected chi connectivity index (χ3v) is 3.40. The van der Waals surface area contributed by atoms with Crippen LogP contribution in [0.4, 0.5) is 0 Å². The molecule has 0 bridgehead atoms. The molecule has 1 rings (SSSR count). The summed E-state index contributed by atoms with van der Waals surface area (Å²) >= 11 is 3.50. The van der Waals surface area contributed by atoms with Crippen LogP contribution in [0, 0.1) is 0 Å². The molecular weight excluding hydrogens is 338 g/mol. The molecule has 0 radical (unpaired) electrons. The van der Waals surface area contributed by atoms with Crippen LogP contribution >= 0.6 is 15.9 Å². The van der Waals surface area contributed by atoms with Crippen molar-refractivity contribution in [3.63, 3.8) is 0 Å². The van der Waals surface area contributed by atoms with Crippen LogP contribution in [0.2, 0.25) is 0 Å². The van der Waals surface area contributed by atoms with Crippen molar-refractivity contribution in [1.82, 2.24) is 5.32 Å². The summed E-state index contributed by atoms with van der Waals surface area (Å²) in [5.41, 5.74) is 1.05. The maximum atomic E-state index is 10.4. The number of hydrogen-bond acceptors (Lipinski definition) is 4. The first-order valence-corrected chi connectivity index (χ1v) is 7.79. The number of aliphatic carboxylic acids is 1. The fraction of sp³-hybridized carbons (Fsp3) is 0.533. The molecule has 5 nitrogen and oxygen atoms in total. The first-order chi connectivity index (χ1) is 10.1. The molecule has 0 heterocycles. The van der Waals surface area contributed by atoms with Gasteiger partial charge >= 0.3 is 5.97 Å². The van der Waals surface area contributed by atoms with Crippen molar-refractivity contribution >= 4 is 21.9 Å². The molecule has 6 heteroatoms. The molecule has 1 aromatic carbocycles. The molecule has 0 unspecified atom stereocenters. The second-order valence-electron chi connectivity index (χ2n) is 4.63.